The molecule has 1 aliphatic heterocycles. The SMILES string of the molecule is CCCCOc1cc(B2OC(C)(C)C(C)(C)O2)ccn1. The van der Waals surface area contributed by atoms with Gasteiger partial charge >= 0.3 is 7.12 Å². The maximum Gasteiger partial charge on any atom is 0.495 e. The Balaban J connectivity index is 2.09. The van der Waals surface area contributed by atoms with Crippen LogP contribution in [0, 0.1) is 0 Å². The predicted octanol–water partition coefficient (Wildman–Crippen LogP) is 2.56. The molecule has 1 aromatic rings. The minimum absolute atomic E-state index is 0.329. The Labute approximate surface area is 122 Å². The van der Waals surface area contributed by atoms with Crippen LogP contribution in [0.1, 0.15) is 47.5 Å². The lowest BCUT2D eigenvalue weighted by Crippen LogP contribution is -2.41. The van der Waals surface area contributed by atoms with Crippen molar-refractivity contribution in [2.75, 3.05) is 6.61 Å². The Morgan fingerprint density at radius 1 is 1.20 bits per heavy atom. The number of pyridine rings is 1. The van der Waals surface area contributed by atoms with Crippen molar-refractivity contribution in [1.82, 2.24) is 4.98 Å². The van der Waals surface area contributed by atoms with E-state index in [-0.39, 0.29) is 18.3 Å². The van der Waals surface area contributed by atoms with Gasteiger partial charge in [0.15, 0.2) is 0 Å². The summed E-state index contributed by atoms with van der Waals surface area (Å²) in [6.45, 7) is 11.0. The normalized spacial score (nSPS) is 20.1. The first-order valence-electron chi connectivity index (χ1n) is 7.30. The second kappa shape index (κ2) is 5.74. The molecule has 0 atom stereocenters. The maximum atomic E-state index is 6.03. The van der Waals surface area contributed by atoms with Crippen LogP contribution in [-0.4, -0.2) is 29.9 Å². The zero-order chi connectivity index (χ0) is 14.8. The summed E-state index contributed by atoms with van der Waals surface area (Å²) in [7, 11) is -0.364. The highest BCUT2D eigenvalue weighted by molar-refractivity contribution is 6.62. The lowest BCUT2D eigenvalue weighted by molar-refractivity contribution is 0.00578. The molecule has 1 saturated heterocycles. The summed E-state index contributed by atoms with van der Waals surface area (Å²) in [5, 5.41) is 0. The highest BCUT2D eigenvalue weighted by Gasteiger charge is 2.51. The number of ether oxygens (including phenoxy) is 1. The van der Waals surface area contributed by atoms with E-state index in [9.17, 15) is 0 Å². The lowest BCUT2D eigenvalue weighted by atomic mass is 9.80. The van der Waals surface area contributed by atoms with Crippen LogP contribution < -0.4 is 10.2 Å². The Hall–Kier alpha value is -1.07. The van der Waals surface area contributed by atoms with Gasteiger partial charge in [0.1, 0.15) is 0 Å². The first kappa shape index (κ1) is 15.3. The number of hydrogen-bond donors (Lipinski definition) is 0. The van der Waals surface area contributed by atoms with Crippen molar-refractivity contribution >= 4 is 12.6 Å². The molecule has 0 aliphatic carbocycles. The summed E-state index contributed by atoms with van der Waals surface area (Å²) >= 11 is 0. The molecule has 2 rings (SSSR count). The first-order chi connectivity index (χ1) is 9.36. The molecule has 1 fully saturated rings. The molecule has 0 saturated carbocycles. The van der Waals surface area contributed by atoms with E-state index in [1.165, 1.54) is 0 Å². The smallest absolute Gasteiger partial charge is 0.478 e. The zero-order valence-corrected chi connectivity index (χ0v) is 13.1. The molecular formula is C15H24BNO3. The van der Waals surface area contributed by atoms with Gasteiger partial charge in [0.2, 0.25) is 5.88 Å². The van der Waals surface area contributed by atoms with Gasteiger partial charge in [-0.15, -0.1) is 0 Å². The molecule has 0 bridgehead atoms. The number of nitrogens with zero attached hydrogens (tertiary/aromatic N) is 1. The number of rotatable bonds is 5. The van der Waals surface area contributed by atoms with E-state index >= 15 is 0 Å². The molecular weight excluding hydrogens is 253 g/mol. The standard InChI is InChI=1S/C15H24BNO3/c1-6-7-10-18-13-11-12(8-9-17-13)16-19-14(2,3)15(4,5)20-16/h8-9,11H,6-7,10H2,1-5H3. The van der Waals surface area contributed by atoms with Gasteiger partial charge in [0.05, 0.1) is 17.8 Å². The minimum atomic E-state index is -0.364. The fraction of sp³-hybridized carbons (Fsp3) is 0.667. The summed E-state index contributed by atoms with van der Waals surface area (Å²) in [6, 6.07) is 3.81. The van der Waals surface area contributed by atoms with Gasteiger partial charge in [0.25, 0.3) is 0 Å². The third-order valence-electron chi connectivity index (χ3n) is 4.03. The Morgan fingerprint density at radius 2 is 1.85 bits per heavy atom. The summed E-state index contributed by atoms with van der Waals surface area (Å²) in [4.78, 5) is 4.22. The van der Waals surface area contributed by atoms with Crippen LogP contribution in [0.3, 0.4) is 0 Å². The van der Waals surface area contributed by atoms with Crippen molar-refractivity contribution < 1.29 is 14.0 Å². The Bertz CT molecular complexity index is 446. The van der Waals surface area contributed by atoms with E-state index < -0.39 is 0 Å². The van der Waals surface area contributed by atoms with Gasteiger partial charge in [-0.1, -0.05) is 13.3 Å². The van der Waals surface area contributed by atoms with Crippen molar-refractivity contribution in [2.24, 2.45) is 0 Å². The molecule has 5 heteroatoms. The minimum Gasteiger partial charge on any atom is -0.478 e. The molecule has 0 radical (unpaired) electrons. The first-order valence-corrected chi connectivity index (χ1v) is 7.30. The molecule has 110 valence electrons. The molecule has 4 nitrogen and oxygen atoms in total. The van der Waals surface area contributed by atoms with Crippen LogP contribution in [0.5, 0.6) is 5.88 Å². The van der Waals surface area contributed by atoms with Gasteiger partial charge in [-0.3, -0.25) is 0 Å². The van der Waals surface area contributed by atoms with E-state index in [4.69, 9.17) is 14.0 Å². The number of hydrogen-bond acceptors (Lipinski definition) is 4. The van der Waals surface area contributed by atoms with Crippen molar-refractivity contribution in [3.05, 3.63) is 18.3 Å². The second-order valence-electron chi connectivity index (χ2n) is 6.22. The molecule has 2 heterocycles. The van der Waals surface area contributed by atoms with Gasteiger partial charge in [-0.2, -0.15) is 0 Å². The number of unbranched alkanes of at least 4 members (excludes halogenated alkanes) is 1. The largest absolute Gasteiger partial charge is 0.495 e. The molecule has 1 aliphatic rings. The maximum absolute atomic E-state index is 6.03. The molecule has 0 aromatic carbocycles. The topological polar surface area (TPSA) is 40.6 Å². The summed E-state index contributed by atoms with van der Waals surface area (Å²) in [6.07, 6.45) is 3.88. The zero-order valence-electron chi connectivity index (χ0n) is 13.1. The van der Waals surface area contributed by atoms with E-state index in [1.54, 1.807) is 6.20 Å². The van der Waals surface area contributed by atoms with Crippen molar-refractivity contribution in [1.29, 1.82) is 0 Å². The highest BCUT2D eigenvalue weighted by Crippen LogP contribution is 2.36. The predicted molar refractivity (Wildman–Crippen MR) is 80.4 cm³/mol. The average Bonchev–Trinajstić information content (AvgIpc) is 2.59. The highest BCUT2D eigenvalue weighted by atomic mass is 16.7. The monoisotopic (exact) mass is 277 g/mol. The van der Waals surface area contributed by atoms with Crippen LogP contribution >= 0.6 is 0 Å². The number of aromatic nitrogens is 1. The van der Waals surface area contributed by atoms with Crippen LogP contribution in [-0.2, 0) is 9.31 Å². The van der Waals surface area contributed by atoms with Gasteiger partial charge in [-0.25, -0.2) is 4.98 Å². The van der Waals surface area contributed by atoms with E-state index in [0.717, 1.165) is 18.3 Å². The quantitative estimate of drug-likeness (QED) is 0.612. The second-order valence-corrected chi connectivity index (χ2v) is 6.22. The summed E-state index contributed by atoms with van der Waals surface area (Å²) in [5.41, 5.74) is 0.291. The molecule has 0 N–H and O–H groups in total. The molecule has 0 unspecified atom stereocenters. The van der Waals surface area contributed by atoms with Crippen molar-refractivity contribution in [3.8, 4) is 5.88 Å². The molecule has 0 amide bonds. The molecule has 0 spiro atoms. The average molecular weight is 277 g/mol. The van der Waals surface area contributed by atoms with E-state index in [2.05, 4.69) is 11.9 Å². The third-order valence-corrected chi connectivity index (χ3v) is 4.03. The van der Waals surface area contributed by atoms with Gasteiger partial charge in [-0.05, 0) is 45.6 Å². The lowest BCUT2D eigenvalue weighted by Gasteiger charge is -2.32. The van der Waals surface area contributed by atoms with Crippen molar-refractivity contribution in [3.63, 3.8) is 0 Å². The van der Waals surface area contributed by atoms with Crippen LogP contribution in [0.15, 0.2) is 18.3 Å². The summed E-state index contributed by atoms with van der Waals surface area (Å²) < 4.78 is 17.7. The van der Waals surface area contributed by atoms with Crippen LogP contribution in [0.4, 0.5) is 0 Å². The van der Waals surface area contributed by atoms with Crippen LogP contribution in [0.2, 0.25) is 0 Å². The van der Waals surface area contributed by atoms with Crippen molar-refractivity contribution in [2.45, 2.75) is 58.7 Å². The summed E-state index contributed by atoms with van der Waals surface area (Å²) in [5.74, 6) is 0.630. The van der Waals surface area contributed by atoms with E-state index in [0.29, 0.717) is 12.5 Å². The molecule has 20 heavy (non-hydrogen) atoms. The Kier molecular flexibility index (Phi) is 4.40. The van der Waals surface area contributed by atoms with Crippen LogP contribution in [0.25, 0.3) is 0 Å². The third kappa shape index (κ3) is 3.15. The fourth-order valence-corrected chi connectivity index (χ4v) is 1.95. The van der Waals surface area contributed by atoms with Gasteiger partial charge < -0.3 is 14.0 Å². The van der Waals surface area contributed by atoms with E-state index in [1.807, 2.05) is 39.8 Å². The molecule has 1 aromatic heterocycles. The van der Waals surface area contributed by atoms with Gasteiger partial charge in [0, 0.05) is 12.3 Å². The fourth-order valence-electron chi connectivity index (χ4n) is 1.95. The Morgan fingerprint density at radius 3 is 2.45 bits per heavy atom.